The second-order valence-electron chi connectivity index (χ2n) is 5.26. The van der Waals surface area contributed by atoms with Gasteiger partial charge >= 0.3 is 5.97 Å². The lowest BCUT2D eigenvalue weighted by Gasteiger charge is -2.26. The summed E-state index contributed by atoms with van der Waals surface area (Å²) in [4.78, 5) is 10.9. The lowest BCUT2D eigenvalue weighted by molar-refractivity contribution is 0.0697. The minimum Gasteiger partial charge on any atom is -0.484 e. The number of hydrogen-bond acceptors (Lipinski definition) is 3. The van der Waals surface area contributed by atoms with Crippen LogP contribution >= 0.6 is 0 Å². The Bertz CT molecular complexity index is 681. The predicted molar refractivity (Wildman–Crippen MR) is 80.6 cm³/mol. The third-order valence-corrected chi connectivity index (χ3v) is 3.84. The van der Waals surface area contributed by atoms with Crippen LogP contribution in [0.1, 0.15) is 40.4 Å². The van der Waals surface area contributed by atoms with Crippen LogP contribution in [0.3, 0.4) is 0 Å². The number of aromatic carboxylic acids is 1. The summed E-state index contributed by atoms with van der Waals surface area (Å²) in [5, 5.41) is 8.96. The summed E-state index contributed by atoms with van der Waals surface area (Å²) in [5.41, 5.74) is 8.95. The van der Waals surface area contributed by atoms with E-state index in [0.29, 0.717) is 11.4 Å². The number of aryl methyl sites for hydroxylation is 1. The molecule has 108 valence electrons. The molecule has 0 heterocycles. The lowest BCUT2D eigenvalue weighted by Crippen LogP contribution is -2.15. The summed E-state index contributed by atoms with van der Waals surface area (Å²) in [7, 11) is 0. The minimum atomic E-state index is -0.990. The van der Waals surface area contributed by atoms with Gasteiger partial charge in [-0.3, -0.25) is 0 Å². The average molecular weight is 283 g/mol. The molecule has 21 heavy (non-hydrogen) atoms. The normalized spacial score (nSPS) is 17.0. The van der Waals surface area contributed by atoms with Crippen molar-refractivity contribution in [1.82, 2.24) is 0 Å². The van der Waals surface area contributed by atoms with E-state index in [2.05, 4.69) is 12.1 Å². The van der Waals surface area contributed by atoms with Crippen molar-refractivity contribution in [1.29, 1.82) is 0 Å². The molecule has 0 saturated carbocycles. The zero-order valence-electron chi connectivity index (χ0n) is 11.6. The van der Waals surface area contributed by atoms with Gasteiger partial charge in [0.15, 0.2) is 0 Å². The van der Waals surface area contributed by atoms with Gasteiger partial charge < -0.3 is 15.6 Å². The van der Waals surface area contributed by atoms with Crippen molar-refractivity contribution < 1.29 is 14.6 Å². The maximum atomic E-state index is 10.9. The van der Waals surface area contributed by atoms with E-state index in [1.54, 1.807) is 6.07 Å². The molecule has 1 atom stereocenters. The van der Waals surface area contributed by atoms with Crippen molar-refractivity contribution in [3.05, 3.63) is 59.2 Å². The van der Waals surface area contributed by atoms with E-state index in [0.717, 1.165) is 19.3 Å². The van der Waals surface area contributed by atoms with Crippen LogP contribution in [0.5, 0.6) is 5.75 Å². The summed E-state index contributed by atoms with van der Waals surface area (Å²) >= 11 is 0. The molecule has 0 aromatic heterocycles. The van der Waals surface area contributed by atoms with E-state index >= 15 is 0 Å². The first-order valence-corrected chi connectivity index (χ1v) is 7.02. The van der Waals surface area contributed by atoms with Crippen LogP contribution in [0.4, 0.5) is 5.69 Å². The Morgan fingerprint density at radius 3 is 2.81 bits per heavy atom. The fourth-order valence-electron chi connectivity index (χ4n) is 2.77. The minimum absolute atomic E-state index is 0.0204. The van der Waals surface area contributed by atoms with Crippen LogP contribution in [-0.2, 0) is 6.42 Å². The highest BCUT2D eigenvalue weighted by Gasteiger charge is 2.22. The summed E-state index contributed by atoms with van der Waals surface area (Å²) < 4.78 is 6.03. The van der Waals surface area contributed by atoms with E-state index in [4.69, 9.17) is 15.6 Å². The maximum Gasteiger partial charge on any atom is 0.335 e. The zero-order valence-corrected chi connectivity index (χ0v) is 11.6. The van der Waals surface area contributed by atoms with Gasteiger partial charge in [0.2, 0.25) is 0 Å². The highest BCUT2D eigenvalue weighted by atomic mass is 16.5. The Hall–Kier alpha value is -2.49. The van der Waals surface area contributed by atoms with Gasteiger partial charge in [0, 0.05) is 0 Å². The first-order chi connectivity index (χ1) is 10.1. The molecule has 0 fully saturated rings. The Labute approximate surface area is 123 Å². The average Bonchev–Trinajstić information content (AvgIpc) is 2.49. The van der Waals surface area contributed by atoms with Gasteiger partial charge in [0.1, 0.15) is 11.9 Å². The van der Waals surface area contributed by atoms with E-state index in [1.807, 2.05) is 12.1 Å². The number of carboxylic acid groups (broad SMARTS) is 1. The van der Waals surface area contributed by atoms with E-state index in [9.17, 15) is 4.79 Å². The molecule has 0 spiro atoms. The van der Waals surface area contributed by atoms with Crippen molar-refractivity contribution >= 4 is 11.7 Å². The van der Waals surface area contributed by atoms with Crippen LogP contribution in [0, 0.1) is 0 Å². The maximum absolute atomic E-state index is 10.9. The second-order valence-corrected chi connectivity index (χ2v) is 5.26. The molecule has 0 bridgehead atoms. The highest BCUT2D eigenvalue weighted by molar-refractivity contribution is 5.89. The number of rotatable bonds is 3. The summed E-state index contributed by atoms with van der Waals surface area (Å²) in [6.07, 6.45) is 3.07. The van der Waals surface area contributed by atoms with E-state index in [-0.39, 0.29) is 11.7 Å². The molecule has 0 aliphatic heterocycles. The SMILES string of the molecule is Nc1cc(C(=O)O)ccc1OC1CCCc2ccccc21. The topological polar surface area (TPSA) is 72.6 Å². The molecular formula is C17H17NO3. The third-order valence-electron chi connectivity index (χ3n) is 3.84. The van der Waals surface area contributed by atoms with E-state index < -0.39 is 5.97 Å². The van der Waals surface area contributed by atoms with Gasteiger partial charge in [0.25, 0.3) is 0 Å². The molecule has 4 heteroatoms. The molecule has 4 nitrogen and oxygen atoms in total. The number of benzene rings is 2. The Kier molecular flexibility index (Phi) is 3.52. The zero-order chi connectivity index (χ0) is 14.8. The Balaban J connectivity index is 1.86. The highest BCUT2D eigenvalue weighted by Crippen LogP contribution is 2.35. The molecule has 1 unspecified atom stereocenters. The van der Waals surface area contributed by atoms with Crippen LogP contribution in [0.25, 0.3) is 0 Å². The van der Waals surface area contributed by atoms with Gasteiger partial charge in [-0.05, 0) is 48.6 Å². The number of ether oxygens (including phenoxy) is 1. The van der Waals surface area contributed by atoms with Crippen LogP contribution in [-0.4, -0.2) is 11.1 Å². The Morgan fingerprint density at radius 1 is 1.24 bits per heavy atom. The molecule has 1 aliphatic rings. The van der Waals surface area contributed by atoms with Crippen molar-refractivity contribution in [3.8, 4) is 5.75 Å². The fourth-order valence-corrected chi connectivity index (χ4v) is 2.77. The van der Waals surface area contributed by atoms with Crippen LogP contribution in [0.15, 0.2) is 42.5 Å². The van der Waals surface area contributed by atoms with E-state index in [1.165, 1.54) is 23.3 Å². The first kappa shape index (κ1) is 13.5. The Morgan fingerprint density at radius 2 is 2.05 bits per heavy atom. The van der Waals surface area contributed by atoms with Gasteiger partial charge in [-0.2, -0.15) is 0 Å². The van der Waals surface area contributed by atoms with Gasteiger partial charge in [-0.1, -0.05) is 24.3 Å². The smallest absolute Gasteiger partial charge is 0.335 e. The van der Waals surface area contributed by atoms with Gasteiger partial charge in [-0.25, -0.2) is 4.79 Å². The van der Waals surface area contributed by atoms with Gasteiger partial charge in [0.05, 0.1) is 11.3 Å². The summed E-state index contributed by atoms with van der Waals surface area (Å²) in [6, 6.07) is 12.8. The van der Waals surface area contributed by atoms with Crippen molar-refractivity contribution in [2.24, 2.45) is 0 Å². The van der Waals surface area contributed by atoms with Crippen molar-refractivity contribution in [2.75, 3.05) is 5.73 Å². The van der Waals surface area contributed by atoms with Crippen LogP contribution < -0.4 is 10.5 Å². The number of carbonyl (C=O) groups is 1. The number of nitrogen functional groups attached to an aromatic ring is 1. The predicted octanol–water partition coefficient (Wildman–Crippen LogP) is 3.42. The standard InChI is InChI=1S/C17H17NO3/c18-14-10-12(17(19)20)8-9-16(14)21-15-7-3-5-11-4-1-2-6-13(11)15/h1-2,4,6,8-10,15H,3,5,7,18H2,(H,19,20). The molecule has 2 aromatic carbocycles. The lowest BCUT2D eigenvalue weighted by atomic mass is 9.89. The van der Waals surface area contributed by atoms with Crippen molar-refractivity contribution in [2.45, 2.75) is 25.4 Å². The molecule has 0 saturated heterocycles. The molecule has 3 N–H and O–H groups in total. The number of nitrogens with two attached hydrogens (primary N) is 1. The first-order valence-electron chi connectivity index (χ1n) is 7.02. The molecular weight excluding hydrogens is 266 g/mol. The summed E-state index contributed by atoms with van der Waals surface area (Å²) in [5.74, 6) is -0.446. The molecule has 0 radical (unpaired) electrons. The number of anilines is 1. The fraction of sp³-hybridized carbons (Fsp3) is 0.235. The summed E-state index contributed by atoms with van der Waals surface area (Å²) in [6.45, 7) is 0. The molecule has 2 aromatic rings. The number of carboxylic acids is 1. The second kappa shape index (κ2) is 5.48. The quantitative estimate of drug-likeness (QED) is 0.846. The monoisotopic (exact) mass is 283 g/mol. The number of fused-ring (bicyclic) bond motifs is 1. The van der Waals surface area contributed by atoms with Gasteiger partial charge in [-0.15, -0.1) is 0 Å². The molecule has 1 aliphatic carbocycles. The largest absolute Gasteiger partial charge is 0.484 e. The van der Waals surface area contributed by atoms with Crippen molar-refractivity contribution in [3.63, 3.8) is 0 Å². The number of hydrogen-bond donors (Lipinski definition) is 2. The molecule has 0 amide bonds. The molecule has 3 rings (SSSR count). The third kappa shape index (κ3) is 2.70. The van der Waals surface area contributed by atoms with Crippen LogP contribution in [0.2, 0.25) is 0 Å².